The van der Waals surface area contributed by atoms with E-state index in [1.54, 1.807) is 18.5 Å². The van der Waals surface area contributed by atoms with Gasteiger partial charge in [0.2, 0.25) is 0 Å². The predicted octanol–water partition coefficient (Wildman–Crippen LogP) is 5.03. The lowest BCUT2D eigenvalue weighted by Crippen LogP contribution is -2.38. The maximum absolute atomic E-state index is 12.9. The van der Waals surface area contributed by atoms with Crippen molar-refractivity contribution in [1.29, 1.82) is 0 Å². The molecule has 10 heteroatoms. The van der Waals surface area contributed by atoms with Crippen molar-refractivity contribution in [3.8, 4) is 0 Å². The Balaban J connectivity index is 1.55. The Morgan fingerprint density at radius 3 is 2.56 bits per heavy atom. The lowest BCUT2D eigenvalue weighted by molar-refractivity contribution is -0.137. The van der Waals surface area contributed by atoms with Crippen LogP contribution in [0.5, 0.6) is 0 Å². The summed E-state index contributed by atoms with van der Waals surface area (Å²) in [5, 5.41) is 7.12. The maximum atomic E-state index is 12.9. The molecule has 1 saturated carbocycles. The molecule has 1 fully saturated rings. The number of hydrogen-bond donors (Lipinski definition) is 1. The van der Waals surface area contributed by atoms with Crippen LogP contribution in [0.1, 0.15) is 64.6 Å². The van der Waals surface area contributed by atoms with Crippen molar-refractivity contribution in [2.75, 3.05) is 6.61 Å². The molecule has 32 heavy (non-hydrogen) atoms. The fraction of sp³-hybridized carbons (Fsp3) is 0.500. The number of nitrogens with one attached hydrogen (secondary N) is 1. The van der Waals surface area contributed by atoms with Crippen LogP contribution in [0.15, 0.2) is 24.4 Å². The molecule has 1 N–H and O–H groups in total. The van der Waals surface area contributed by atoms with E-state index < -0.39 is 23.6 Å². The van der Waals surface area contributed by atoms with Crippen LogP contribution in [0.4, 0.5) is 13.2 Å². The number of nitrogens with zero attached hydrogens (tertiary/aromatic N) is 2. The van der Waals surface area contributed by atoms with E-state index in [0.717, 1.165) is 36.6 Å². The number of esters is 1. The molecule has 1 aromatic heterocycles. The molecule has 174 valence electrons. The lowest BCUT2D eigenvalue weighted by Gasteiger charge is -2.29. The first-order valence-electron chi connectivity index (χ1n) is 10.5. The van der Waals surface area contributed by atoms with E-state index in [4.69, 9.17) is 16.3 Å². The van der Waals surface area contributed by atoms with Crippen LogP contribution in [0.3, 0.4) is 0 Å². The summed E-state index contributed by atoms with van der Waals surface area (Å²) in [4.78, 5) is 24.4. The minimum atomic E-state index is -4.55. The van der Waals surface area contributed by atoms with Crippen molar-refractivity contribution < 1.29 is 27.5 Å². The Morgan fingerprint density at radius 2 is 1.94 bits per heavy atom. The van der Waals surface area contributed by atoms with E-state index in [1.165, 1.54) is 0 Å². The van der Waals surface area contributed by atoms with Gasteiger partial charge in [-0.3, -0.25) is 9.48 Å². The SMILES string of the molecule is CCOC(=O)c1nn(CC2CCC(NC(=O)c3cc(C(F)(F)F)ccc3Cl)CC2)cc1C. The van der Waals surface area contributed by atoms with Crippen LogP contribution in [-0.2, 0) is 17.5 Å². The number of aryl methyl sites for hydroxylation is 1. The molecule has 0 saturated heterocycles. The van der Waals surface area contributed by atoms with E-state index in [9.17, 15) is 22.8 Å². The Bertz CT molecular complexity index is 983. The Hall–Kier alpha value is -2.55. The summed E-state index contributed by atoms with van der Waals surface area (Å²) in [6.07, 6.45) is 0.283. The van der Waals surface area contributed by atoms with Crippen molar-refractivity contribution in [3.63, 3.8) is 0 Å². The summed E-state index contributed by atoms with van der Waals surface area (Å²) in [6, 6.07) is 2.59. The van der Waals surface area contributed by atoms with Gasteiger partial charge in [-0.15, -0.1) is 0 Å². The molecule has 1 aromatic carbocycles. The zero-order valence-electron chi connectivity index (χ0n) is 17.8. The molecular weight excluding hydrogens is 447 g/mol. The third-order valence-corrected chi connectivity index (χ3v) is 5.91. The summed E-state index contributed by atoms with van der Waals surface area (Å²) in [5.41, 5.74) is -0.0253. The first-order chi connectivity index (χ1) is 15.1. The highest BCUT2D eigenvalue weighted by Crippen LogP contribution is 2.32. The summed E-state index contributed by atoms with van der Waals surface area (Å²) >= 11 is 5.96. The van der Waals surface area contributed by atoms with Gasteiger partial charge in [-0.05, 0) is 63.6 Å². The van der Waals surface area contributed by atoms with Gasteiger partial charge < -0.3 is 10.1 Å². The zero-order valence-corrected chi connectivity index (χ0v) is 18.6. The average molecular weight is 472 g/mol. The number of amides is 1. The Morgan fingerprint density at radius 1 is 1.25 bits per heavy atom. The van der Waals surface area contributed by atoms with Crippen molar-refractivity contribution >= 4 is 23.5 Å². The lowest BCUT2D eigenvalue weighted by atomic mass is 9.86. The first kappa shape index (κ1) is 24.1. The summed E-state index contributed by atoms with van der Waals surface area (Å²) < 4.78 is 45.6. The summed E-state index contributed by atoms with van der Waals surface area (Å²) in [7, 11) is 0. The quantitative estimate of drug-likeness (QED) is 0.600. The molecule has 0 atom stereocenters. The second-order valence-corrected chi connectivity index (χ2v) is 8.39. The van der Waals surface area contributed by atoms with Crippen LogP contribution < -0.4 is 5.32 Å². The van der Waals surface area contributed by atoms with Crippen LogP contribution in [-0.4, -0.2) is 34.3 Å². The van der Waals surface area contributed by atoms with Gasteiger partial charge >= 0.3 is 12.1 Å². The van der Waals surface area contributed by atoms with Gasteiger partial charge in [0.1, 0.15) is 0 Å². The topological polar surface area (TPSA) is 73.2 Å². The average Bonchev–Trinajstić information content (AvgIpc) is 3.09. The van der Waals surface area contributed by atoms with Crippen LogP contribution in [0, 0.1) is 12.8 Å². The van der Waals surface area contributed by atoms with E-state index >= 15 is 0 Å². The molecule has 0 unspecified atom stereocenters. The predicted molar refractivity (Wildman–Crippen MR) is 113 cm³/mol. The van der Waals surface area contributed by atoms with E-state index in [1.807, 2.05) is 6.20 Å². The van der Waals surface area contributed by atoms with Crippen molar-refractivity contribution in [3.05, 3.63) is 51.8 Å². The zero-order chi connectivity index (χ0) is 23.5. The Kier molecular flexibility index (Phi) is 7.48. The van der Waals surface area contributed by atoms with Gasteiger partial charge in [0.15, 0.2) is 5.69 Å². The van der Waals surface area contributed by atoms with Crippen LogP contribution in [0.25, 0.3) is 0 Å². The van der Waals surface area contributed by atoms with Gasteiger partial charge in [-0.25, -0.2) is 4.79 Å². The second kappa shape index (κ2) is 9.94. The number of carbonyl (C=O) groups excluding carboxylic acids is 2. The number of hydrogen-bond acceptors (Lipinski definition) is 4. The highest BCUT2D eigenvalue weighted by Gasteiger charge is 2.32. The van der Waals surface area contributed by atoms with Gasteiger partial charge in [-0.1, -0.05) is 11.6 Å². The first-order valence-corrected chi connectivity index (χ1v) is 10.8. The Labute approximate surface area is 189 Å². The molecule has 2 aromatic rings. The molecule has 0 bridgehead atoms. The number of alkyl halides is 3. The molecular formula is C22H25ClF3N3O3. The number of rotatable bonds is 6. The number of ether oxygens (including phenoxy) is 1. The molecule has 0 radical (unpaired) electrons. The summed E-state index contributed by atoms with van der Waals surface area (Å²) in [6.45, 7) is 4.47. The number of halogens is 4. The third kappa shape index (κ3) is 5.82. The maximum Gasteiger partial charge on any atom is 0.416 e. The normalized spacial score (nSPS) is 18.9. The smallest absolute Gasteiger partial charge is 0.416 e. The van der Waals surface area contributed by atoms with Crippen molar-refractivity contribution in [2.24, 2.45) is 5.92 Å². The van der Waals surface area contributed by atoms with Gasteiger partial charge in [0.25, 0.3) is 5.91 Å². The van der Waals surface area contributed by atoms with E-state index in [0.29, 0.717) is 31.0 Å². The molecule has 6 nitrogen and oxygen atoms in total. The van der Waals surface area contributed by atoms with E-state index in [2.05, 4.69) is 10.4 Å². The summed E-state index contributed by atoms with van der Waals surface area (Å²) in [5.74, 6) is -0.732. The second-order valence-electron chi connectivity index (χ2n) is 7.99. The van der Waals surface area contributed by atoms with Gasteiger partial charge in [0.05, 0.1) is 22.8 Å². The van der Waals surface area contributed by atoms with E-state index in [-0.39, 0.29) is 23.2 Å². The van der Waals surface area contributed by atoms with Gasteiger partial charge in [-0.2, -0.15) is 18.3 Å². The largest absolute Gasteiger partial charge is 0.461 e. The van der Waals surface area contributed by atoms with Crippen molar-refractivity contribution in [1.82, 2.24) is 15.1 Å². The molecule has 0 spiro atoms. The highest BCUT2D eigenvalue weighted by molar-refractivity contribution is 6.33. The molecule has 0 aliphatic heterocycles. The molecule has 1 amide bonds. The monoisotopic (exact) mass is 471 g/mol. The standard InChI is InChI=1S/C22H25ClF3N3O3/c1-3-32-21(31)19-13(2)11-29(28-19)12-14-4-7-16(8-5-14)27-20(30)17-10-15(22(24,25)26)6-9-18(17)23/h6,9-11,14,16H,3-5,7-8,12H2,1-2H3,(H,27,30). The van der Waals surface area contributed by atoms with Crippen LogP contribution in [0.2, 0.25) is 5.02 Å². The molecule has 1 aliphatic carbocycles. The molecule has 1 heterocycles. The minimum Gasteiger partial charge on any atom is -0.461 e. The number of aromatic nitrogens is 2. The van der Waals surface area contributed by atoms with Gasteiger partial charge in [0, 0.05) is 24.3 Å². The molecule has 3 rings (SSSR count). The molecule has 1 aliphatic rings. The fourth-order valence-electron chi connectivity index (χ4n) is 3.91. The fourth-order valence-corrected chi connectivity index (χ4v) is 4.11. The minimum absolute atomic E-state index is 0.0179. The van der Waals surface area contributed by atoms with Crippen molar-refractivity contribution in [2.45, 2.75) is 58.3 Å². The number of carbonyl (C=O) groups is 2. The third-order valence-electron chi connectivity index (χ3n) is 5.58. The number of benzene rings is 1. The highest BCUT2D eigenvalue weighted by atomic mass is 35.5. The van der Waals surface area contributed by atoms with Crippen LogP contribution >= 0.6 is 11.6 Å².